The maximum atomic E-state index is 12.6. The molecule has 0 spiro atoms. The molecule has 0 saturated heterocycles. The molecular weight excluding hydrogens is 336 g/mol. The normalized spacial score (nSPS) is 12.9. The van der Waals surface area contributed by atoms with E-state index in [9.17, 15) is 14.4 Å². The highest BCUT2D eigenvalue weighted by Gasteiger charge is 2.27. The van der Waals surface area contributed by atoms with Crippen molar-refractivity contribution in [1.29, 1.82) is 0 Å². The van der Waals surface area contributed by atoms with Crippen molar-refractivity contribution in [2.24, 2.45) is 0 Å². The molecule has 0 aliphatic carbocycles. The molecule has 0 radical (unpaired) electrons. The van der Waals surface area contributed by atoms with Crippen LogP contribution in [0.2, 0.25) is 0 Å². The Bertz CT molecular complexity index is 826. The highest BCUT2D eigenvalue weighted by molar-refractivity contribution is 5.91. The van der Waals surface area contributed by atoms with Gasteiger partial charge in [-0.2, -0.15) is 0 Å². The van der Waals surface area contributed by atoms with E-state index in [0.29, 0.717) is 24.2 Å². The van der Waals surface area contributed by atoms with E-state index < -0.39 is 5.97 Å². The Morgan fingerprint density at radius 3 is 2.69 bits per heavy atom. The average Bonchev–Trinajstić information content (AvgIpc) is 3.02. The lowest BCUT2D eigenvalue weighted by molar-refractivity contribution is -0.140. The molecule has 1 aliphatic heterocycles. The Labute approximate surface area is 150 Å². The van der Waals surface area contributed by atoms with Crippen LogP contribution in [-0.4, -0.2) is 29.9 Å². The van der Waals surface area contributed by atoms with Gasteiger partial charge in [0.15, 0.2) is 0 Å². The third kappa shape index (κ3) is 3.93. The number of hydrogen-bond donors (Lipinski definition) is 2. The van der Waals surface area contributed by atoms with Crippen LogP contribution in [0.4, 0.5) is 0 Å². The van der Waals surface area contributed by atoms with Gasteiger partial charge in [0.1, 0.15) is 12.3 Å². The molecule has 0 unspecified atom stereocenters. The molecule has 0 atom stereocenters. The number of amides is 1. The first-order chi connectivity index (χ1) is 12.6. The van der Waals surface area contributed by atoms with Crippen molar-refractivity contribution in [3.8, 4) is 0 Å². The summed E-state index contributed by atoms with van der Waals surface area (Å²) in [6, 6.07) is 9.37. The molecule has 2 heterocycles. The molecule has 1 aromatic carbocycles. The van der Waals surface area contributed by atoms with Crippen molar-refractivity contribution < 1.29 is 23.9 Å². The van der Waals surface area contributed by atoms with Crippen LogP contribution in [0.25, 0.3) is 0 Å². The number of carbonyl (C=O) groups is 3. The van der Waals surface area contributed by atoms with E-state index in [1.807, 2.05) is 30.3 Å². The van der Waals surface area contributed by atoms with Crippen LogP contribution in [0.3, 0.4) is 0 Å². The number of H-pyrrole nitrogens is 1. The second-order valence-corrected chi connectivity index (χ2v) is 6.03. The number of rotatable bonds is 6. The molecule has 3 rings (SSSR count). The number of aromatic amines is 1. The first-order valence-corrected chi connectivity index (χ1v) is 8.35. The van der Waals surface area contributed by atoms with Crippen LogP contribution >= 0.6 is 0 Å². The molecule has 1 aromatic heterocycles. The lowest BCUT2D eigenvalue weighted by Crippen LogP contribution is -2.30. The highest BCUT2D eigenvalue weighted by Crippen LogP contribution is 2.25. The quantitative estimate of drug-likeness (QED) is 0.767. The molecule has 0 fully saturated rings. The molecule has 7 nitrogen and oxygen atoms in total. The van der Waals surface area contributed by atoms with Crippen LogP contribution in [0.15, 0.2) is 30.3 Å². The van der Waals surface area contributed by atoms with Gasteiger partial charge in [-0.1, -0.05) is 30.3 Å². The Morgan fingerprint density at radius 2 is 1.96 bits per heavy atom. The highest BCUT2D eigenvalue weighted by atomic mass is 16.5. The fourth-order valence-corrected chi connectivity index (χ4v) is 2.98. The number of aromatic nitrogens is 1. The maximum absolute atomic E-state index is 12.6. The number of esters is 2. The minimum atomic E-state index is -0.504. The van der Waals surface area contributed by atoms with Gasteiger partial charge in [0.2, 0.25) is 5.91 Å². The Hall–Kier alpha value is -3.09. The number of hydrogen-bond acceptors (Lipinski definition) is 5. The zero-order valence-electron chi connectivity index (χ0n) is 14.5. The average molecular weight is 356 g/mol. The van der Waals surface area contributed by atoms with E-state index in [4.69, 9.17) is 4.74 Å². The van der Waals surface area contributed by atoms with E-state index in [0.717, 1.165) is 16.8 Å². The Morgan fingerprint density at radius 1 is 1.19 bits per heavy atom. The van der Waals surface area contributed by atoms with E-state index in [2.05, 4.69) is 15.0 Å². The topological polar surface area (TPSA) is 97.5 Å². The number of carbonyl (C=O) groups excluding carboxylic acids is 3. The lowest BCUT2D eigenvalue weighted by Gasteiger charge is -2.13. The third-order valence-electron chi connectivity index (χ3n) is 4.33. The van der Waals surface area contributed by atoms with Gasteiger partial charge >= 0.3 is 11.9 Å². The van der Waals surface area contributed by atoms with Crippen LogP contribution in [0.1, 0.15) is 39.3 Å². The summed E-state index contributed by atoms with van der Waals surface area (Å²) in [6.45, 7) is 0.475. The molecule has 0 bridgehead atoms. The molecule has 26 heavy (non-hydrogen) atoms. The number of nitrogens with one attached hydrogen (secondary N) is 2. The molecule has 2 N–H and O–H groups in total. The molecule has 2 aromatic rings. The summed E-state index contributed by atoms with van der Waals surface area (Å²) in [5.41, 5.74) is 3.37. The van der Waals surface area contributed by atoms with Gasteiger partial charge in [-0.15, -0.1) is 0 Å². The van der Waals surface area contributed by atoms with Crippen molar-refractivity contribution >= 4 is 17.8 Å². The predicted molar refractivity (Wildman–Crippen MR) is 92.2 cm³/mol. The molecule has 0 saturated carbocycles. The molecule has 1 aliphatic rings. The van der Waals surface area contributed by atoms with Crippen molar-refractivity contribution in [2.45, 2.75) is 32.4 Å². The number of fused-ring (bicyclic) bond motifs is 1. The predicted octanol–water partition coefficient (Wildman–Crippen LogP) is 1.65. The van der Waals surface area contributed by atoms with E-state index in [-0.39, 0.29) is 31.3 Å². The first-order valence-electron chi connectivity index (χ1n) is 8.35. The SMILES string of the molecule is COC(=O)CCc1c(C(=O)OCc2ccccc2)[nH]c2c1CC(=O)NC2. The maximum Gasteiger partial charge on any atom is 0.355 e. The second-order valence-electron chi connectivity index (χ2n) is 6.03. The van der Waals surface area contributed by atoms with E-state index in [1.54, 1.807) is 0 Å². The fourth-order valence-electron chi connectivity index (χ4n) is 2.98. The fraction of sp³-hybridized carbons (Fsp3) is 0.316. The van der Waals surface area contributed by atoms with Gasteiger partial charge in [0.05, 0.1) is 20.1 Å². The van der Waals surface area contributed by atoms with Gasteiger partial charge in [0, 0.05) is 12.1 Å². The van der Waals surface area contributed by atoms with Gasteiger partial charge in [-0.25, -0.2) is 4.79 Å². The Balaban J connectivity index is 1.81. The van der Waals surface area contributed by atoms with E-state index >= 15 is 0 Å². The van der Waals surface area contributed by atoms with Crippen molar-refractivity contribution in [2.75, 3.05) is 7.11 Å². The van der Waals surface area contributed by atoms with Gasteiger partial charge in [-0.3, -0.25) is 9.59 Å². The number of ether oxygens (including phenoxy) is 2. The van der Waals surface area contributed by atoms with Crippen LogP contribution in [0, 0.1) is 0 Å². The zero-order chi connectivity index (χ0) is 18.5. The van der Waals surface area contributed by atoms with Gasteiger partial charge in [0.25, 0.3) is 0 Å². The molecule has 7 heteroatoms. The van der Waals surface area contributed by atoms with Crippen molar-refractivity contribution in [1.82, 2.24) is 10.3 Å². The summed E-state index contributed by atoms with van der Waals surface area (Å²) in [5, 5.41) is 2.74. The summed E-state index contributed by atoms with van der Waals surface area (Å²) in [4.78, 5) is 38.9. The molecular formula is C19H20N2O5. The zero-order valence-corrected chi connectivity index (χ0v) is 14.5. The summed E-state index contributed by atoms with van der Waals surface area (Å²) < 4.78 is 10.1. The van der Waals surface area contributed by atoms with Crippen LogP contribution < -0.4 is 5.32 Å². The number of methoxy groups -OCH3 is 1. The van der Waals surface area contributed by atoms with Gasteiger partial charge < -0.3 is 19.8 Å². The minimum absolute atomic E-state index is 0.111. The second kappa shape index (κ2) is 7.86. The molecule has 1 amide bonds. The Kier molecular flexibility index (Phi) is 5.36. The summed E-state index contributed by atoms with van der Waals surface area (Å²) in [5.74, 6) is -0.987. The molecule has 136 valence electrons. The monoisotopic (exact) mass is 356 g/mol. The third-order valence-corrected chi connectivity index (χ3v) is 4.33. The van der Waals surface area contributed by atoms with Crippen LogP contribution in [-0.2, 0) is 45.1 Å². The van der Waals surface area contributed by atoms with Crippen molar-refractivity contribution in [3.63, 3.8) is 0 Å². The number of benzene rings is 1. The summed E-state index contributed by atoms with van der Waals surface area (Å²) >= 11 is 0. The first kappa shape index (κ1) is 17.7. The summed E-state index contributed by atoms with van der Waals surface area (Å²) in [7, 11) is 1.32. The standard InChI is InChI=1S/C19H20N2O5/c1-25-17(23)8-7-13-14-9-16(22)20-10-15(14)21-18(13)19(24)26-11-12-5-3-2-4-6-12/h2-6,21H,7-11H2,1H3,(H,20,22). The lowest BCUT2D eigenvalue weighted by atomic mass is 9.98. The largest absolute Gasteiger partial charge is 0.469 e. The minimum Gasteiger partial charge on any atom is -0.469 e. The van der Waals surface area contributed by atoms with E-state index in [1.165, 1.54) is 7.11 Å². The smallest absolute Gasteiger partial charge is 0.355 e. The summed E-state index contributed by atoms with van der Waals surface area (Å²) in [6.07, 6.45) is 0.608. The van der Waals surface area contributed by atoms with Crippen LogP contribution in [0.5, 0.6) is 0 Å². The van der Waals surface area contributed by atoms with Crippen molar-refractivity contribution in [3.05, 3.63) is 58.4 Å². The van der Waals surface area contributed by atoms with Gasteiger partial charge in [-0.05, 0) is 23.1 Å².